The van der Waals surface area contributed by atoms with E-state index in [-0.39, 0.29) is 6.04 Å². The van der Waals surface area contributed by atoms with E-state index >= 15 is 0 Å². The lowest BCUT2D eigenvalue weighted by Crippen LogP contribution is -2.70. The van der Waals surface area contributed by atoms with Gasteiger partial charge in [0.25, 0.3) is 0 Å². The van der Waals surface area contributed by atoms with Gasteiger partial charge in [-0.05, 0) is 20.8 Å². The van der Waals surface area contributed by atoms with E-state index in [0.29, 0.717) is 0 Å². The molecule has 1 amide bonds. The second-order valence-corrected chi connectivity index (χ2v) is 5.95. The lowest BCUT2D eigenvalue weighted by atomic mass is 10.1. The van der Waals surface area contributed by atoms with Crippen LogP contribution in [0.15, 0.2) is 0 Å². The summed E-state index contributed by atoms with van der Waals surface area (Å²) in [5, 5.41) is 0. The quantitative estimate of drug-likeness (QED) is 0.582. The van der Waals surface area contributed by atoms with Gasteiger partial charge in [0.2, 0.25) is 10.0 Å². The highest BCUT2D eigenvalue weighted by atomic mass is 32.2. The second kappa shape index (κ2) is 2.60. The minimum Gasteiger partial charge on any atom is -0.452 e. The number of nitrogens with zero attached hydrogens (tertiary/aromatic N) is 1. The monoisotopic (exact) mass is 207 g/mol. The minimum atomic E-state index is -3.50. The summed E-state index contributed by atoms with van der Waals surface area (Å²) in [4.78, 5) is 11.0. The predicted molar refractivity (Wildman–Crippen MR) is 46.7 cm³/mol. The molecule has 0 bridgehead atoms. The van der Waals surface area contributed by atoms with E-state index in [1.165, 1.54) is 0 Å². The topological polar surface area (TPSA) is 63.7 Å². The van der Waals surface area contributed by atoms with Crippen molar-refractivity contribution in [1.29, 1.82) is 0 Å². The van der Waals surface area contributed by atoms with Gasteiger partial charge in [0.05, 0.1) is 13.2 Å². The zero-order chi connectivity index (χ0) is 10.4. The Bertz CT molecular complexity index is 332. The van der Waals surface area contributed by atoms with Gasteiger partial charge in [-0.1, -0.05) is 0 Å². The molecule has 0 aromatic heterocycles. The molecule has 13 heavy (non-hydrogen) atoms. The van der Waals surface area contributed by atoms with Gasteiger partial charge >= 0.3 is 6.09 Å². The number of carbonyl (C=O) groups is 1. The summed E-state index contributed by atoms with van der Waals surface area (Å²) >= 11 is 0. The van der Waals surface area contributed by atoms with Crippen molar-refractivity contribution in [2.24, 2.45) is 0 Å². The fourth-order valence-corrected chi connectivity index (χ4v) is 3.09. The van der Waals surface area contributed by atoms with E-state index in [1.807, 2.05) is 0 Å². The number of hydrogen-bond acceptors (Lipinski definition) is 4. The van der Waals surface area contributed by atoms with Gasteiger partial charge in [-0.15, -0.1) is 0 Å². The van der Waals surface area contributed by atoms with Crippen molar-refractivity contribution in [3.63, 3.8) is 0 Å². The molecule has 0 aliphatic carbocycles. The first kappa shape index (κ1) is 10.3. The van der Waals surface area contributed by atoms with Gasteiger partial charge in [-0.2, -0.15) is 4.31 Å². The first-order valence-corrected chi connectivity index (χ1v) is 5.32. The molecule has 1 aliphatic rings. The molecule has 1 saturated heterocycles. The summed E-state index contributed by atoms with van der Waals surface area (Å²) in [6.45, 7) is 4.86. The molecular formula is C7H13NO4S. The fraction of sp³-hybridized carbons (Fsp3) is 0.857. The third-order valence-corrected chi connectivity index (χ3v) is 5.29. The van der Waals surface area contributed by atoms with Gasteiger partial charge in [-0.25, -0.2) is 13.2 Å². The van der Waals surface area contributed by atoms with Gasteiger partial charge in [0, 0.05) is 0 Å². The van der Waals surface area contributed by atoms with E-state index in [2.05, 4.69) is 4.74 Å². The normalized spacial score (nSPS) is 29.2. The standard InChI is InChI=1S/C7H13NO4S/c1-5-7(2,3)13(10,11)8(5)6(9)12-4/h5H,1-4H3/t5-/m0/s1. The van der Waals surface area contributed by atoms with Crippen LogP contribution in [-0.4, -0.2) is 36.7 Å². The molecule has 76 valence electrons. The van der Waals surface area contributed by atoms with E-state index in [9.17, 15) is 13.2 Å². The van der Waals surface area contributed by atoms with Crippen LogP contribution < -0.4 is 0 Å². The van der Waals surface area contributed by atoms with Crippen LogP contribution in [0.5, 0.6) is 0 Å². The molecule has 0 aromatic rings. The van der Waals surface area contributed by atoms with Gasteiger partial charge in [0.15, 0.2) is 0 Å². The van der Waals surface area contributed by atoms with E-state index in [0.717, 1.165) is 11.4 Å². The summed E-state index contributed by atoms with van der Waals surface area (Å²) in [5.41, 5.74) is 0. The zero-order valence-electron chi connectivity index (χ0n) is 8.07. The van der Waals surface area contributed by atoms with Crippen LogP contribution in [0.3, 0.4) is 0 Å². The summed E-state index contributed by atoms with van der Waals surface area (Å²) < 4.78 is 27.3. The predicted octanol–water partition coefficient (Wildman–Crippen LogP) is 0.565. The van der Waals surface area contributed by atoms with Crippen molar-refractivity contribution in [3.8, 4) is 0 Å². The average molecular weight is 207 g/mol. The summed E-state index contributed by atoms with van der Waals surface area (Å²) in [6.07, 6.45) is -0.813. The molecule has 5 nitrogen and oxygen atoms in total. The minimum absolute atomic E-state index is 0.343. The summed E-state index contributed by atoms with van der Waals surface area (Å²) in [6, 6.07) is -0.343. The molecule has 0 saturated carbocycles. The Morgan fingerprint density at radius 1 is 1.46 bits per heavy atom. The first-order chi connectivity index (χ1) is 5.76. The van der Waals surface area contributed by atoms with Crippen LogP contribution in [0.2, 0.25) is 0 Å². The Hall–Kier alpha value is -0.780. The molecule has 1 aliphatic heterocycles. The number of hydrogen-bond donors (Lipinski definition) is 0. The number of carbonyl (C=O) groups excluding carboxylic acids is 1. The molecule has 1 rings (SSSR count). The molecule has 0 spiro atoms. The lowest BCUT2D eigenvalue weighted by Gasteiger charge is -2.49. The highest BCUT2D eigenvalue weighted by molar-refractivity contribution is 7.92. The number of ether oxygens (including phenoxy) is 1. The van der Waals surface area contributed by atoms with E-state index in [1.54, 1.807) is 20.8 Å². The van der Waals surface area contributed by atoms with Crippen LogP contribution >= 0.6 is 0 Å². The molecule has 6 heteroatoms. The maximum Gasteiger partial charge on any atom is 0.423 e. The lowest BCUT2D eigenvalue weighted by molar-refractivity contribution is 0.119. The van der Waals surface area contributed by atoms with Crippen molar-refractivity contribution < 1.29 is 17.9 Å². The molecule has 1 fully saturated rings. The van der Waals surface area contributed by atoms with Crippen molar-refractivity contribution in [1.82, 2.24) is 4.31 Å². The number of sulfonamides is 1. The van der Waals surface area contributed by atoms with Gasteiger partial charge in [-0.3, -0.25) is 0 Å². The van der Waals surface area contributed by atoms with Crippen molar-refractivity contribution >= 4 is 16.1 Å². The third kappa shape index (κ3) is 1.04. The maximum absolute atomic E-state index is 11.5. The van der Waals surface area contributed by atoms with E-state index < -0.39 is 20.9 Å². The molecule has 1 atom stereocenters. The molecule has 0 radical (unpaired) electrons. The van der Waals surface area contributed by atoms with Crippen LogP contribution in [0.4, 0.5) is 4.79 Å². The second-order valence-electron chi connectivity index (χ2n) is 3.55. The number of amides is 1. The number of rotatable bonds is 0. The molecule has 0 N–H and O–H groups in total. The SMILES string of the molecule is COC(=O)N1[C@@H](C)C(C)(C)S1(=O)=O. The fourth-order valence-electron chi connectivity index (χ4n) is 1.26. The maximum atomic E-state index is 11.5. The van der Waals surface area contributed by atoms with E-state index in [4.69, 9.17) is 0 Å². The zero-order valence-corrected chi connectivity index (χ0v) is 8.88. The highest BCUT2D eigenvalue weighted by Crippen LogP contribution is 2.40. The Balaban J connectivity index is 3.03. The molecular weight excluding hydrogens is 194 g/mol. The highest BCUT2D eigenvalue weighted by Gasteiger charge is 2.60. The van der Waals surface area contributed by atoms with Crippen LogP contribution in [0.25, 0.3) is 0 Å². The smallest absolute Gasteiger partial charge is 0.423 e. The van der Waals surface area contributed by atoms with Crippen molar-refractivity contribution in [2.45, 2.75) is 31.6 Å². The van der Waals surface area contributed by atoms with Gasteiger partial charge in [0.1, 0.15) is 4.75 Å². The number of methoxy groups -OCH3 is 1. The first-order valence-electron chi connectivity index (χ1n) is 3.88. The molecule has 0 aromatic carbocycles. The Morgan fingerprint density at radius 3 is 2.23 bits per heavy atom. The van der Waals surface area contributed by atoms with Crippen molar-refractivity contribution in [2.75, 3.05) is 7.11 Å². The van der Waals surface area contributed by atoms with Crippen LogP contribution in [0.1, 0.15) is 20.8 Å². The molecule has 0 unspecified atom stereocenters. The van der Waals surface area contributed by atoms with Crippen LogP contribution in [0, 0.1) is 0 Å². The van der Waals surface area contributed by atoms with Crippen LogP contribution in [-0.2, 0) is 14.8 Å². The summed E-state index contributed by atoms with van der Waals surface area (Å²) in [7, 11) is -2.34. The van der Waals surface area contributed by atoms with Crippen molar-refractivity contribution in [3.05, 3.63) is 0 Å². The third-order valence-electron chi connectivity index (χ3n) is 2.64. The van der Waals surface area contributed by atoms with Gasteiger partial charge < -0.3 is 4.74 Å². The summed E-state index contributed by atoms with van der Waals surface area (Å²) in [5.74, 6) is 0. The largest absolute Gasteiger partial charge is 0.452 e. The average Bonchev–Trinajstić information content (AvgIpc) is 2.03. The Kier molecular flexibility index (Phi) is 2.06. The Labute approximate surface area is 77.7 Å². The Morgan fingerprint density at radius 2 is 1.92 bits per heavy atom. The molecule has 1 heterocycles.